The van der Waals surface area contributed by atoms with Crippen molar-refractivity contribution in [1.82, 2.24) is 10.5 Å². The van der Waals surface area contributed by atoms with Crippen LogP contribution in [0.25, 0.3) is 11.0 Å². The van der Waals surface area contributed by atoms with E-state index in [9.17, 15) is 0 Å². The van der Waals surface area contributed by atoms with Crippen molar-refractivity contribution in [3.8, 4) is 5.75 Å². The molecule has 0 aliphatic carbocycles. The maximum absolute atomic E-state index is 5.76. The van der Waals surface area contributed by atoms with E-state index >= 15 is 0 Å². The number of fused-ring (bicyclic) bond motifs is 1. The van der Waals surface area contributed by atoms with Gasteiger partial charge in [-0.25, -0.2) is 0 Å². The van der Waals surface area contributed by atoms with Gasteiger partial charge in [-0.05, 0) is 12.1 Å². The predicted molar refractivity (Wildman–Crippen MR) is 51.3 cm³/mol. The third-order valence-corrected chi connectivity index (χ3v) is 2.40. The summed E-state index contributed by atoms with van der Waals surface area (Å²) in [5.74, 6) is 0.857. The molecule has 1 saturated heterocycles. The molecule has 1 aliphatic heterocycles. The Morgan fingerprint density at radius 1 is 1.43 bits per heavy atom. The van der Waals surface area contributed by atoms with E-state index in [2.05, 4.69) is 10.5 Å². The highest BCUT2D eigenvalue weighted by atomic mass is 16.5. The molecule has 0 saturated carbocycles. The summed E-state index contributed by atoms with van der Waals surface area (Å²) in [6.07, 6.45) is 1.98. The van der Waals surface area contributed by atoms with Crippen molar-refractivity contribution in [1.29, 1.82) is 0 Å². The van der Waals surface area contributed by atoms with Crippen LogP contribution < -0.4 is 10.1 Å². The number of nitrogens with zero attached hydrogens (tertiary/aromatic N) is 1. The van der Waals surface area contributed by atoms with Gasteiger partial charge in [0.1, 0.15) is 11.9 Å². The lowest BCUT2D eigenvalue weighted by atomic mass is 10.2. The van der Waals surface area contributed by atoms with Gasteiger partial charge in [-0.15, -0.1) is 0 Å². The maximum Gasteiger partial charge on any atom is 0.170 e. The van der Waals surface area contributed by atoms with E-state index in [1.54, 1.807) is 6.20 Å². The molecular weight excluding hydrogens is 180 g/mol. The van der Waals surface area contributed by atoms with E-state index in [0.29, 0.717) is 0 Å². The Kier molecular flexibility index (Phi) is 1.67. The highest BCUT2D eigenvalue weighted by molar-refractivity contribution is 5.82. The molecular formula is C10H10N2O2. The fourth-order valence-electron chi connectivity index (χ4n) is 1.49. The fraction of sp³-hybridized carbons (Fsp3) is 0.300. The number of hydrogen-bond donors (Lipinski definition) is 1. The highest BCUT2D eigenvalue weighted by Crippen LogP contribution is 2.26. The average Bonchev–Trinajstić information content (AvgIpc) is 2.59. The zero-order valence-corrected chi connectivity index (χ0v) is 7.56. The van der Waals surface area contributed by atoms with Crippen molar-refractivity contribution in [2.45, 2.75) is 6.10 Å². The Labute approximate surface area is 80.8 Å². The summed E-state index contributed by atoms with van der Waals surface area (Å²) in [5, 5.41) is 7.85. The summed E-state index contributed by atoms with van der Waals surface area (Å²) in [5.41, 5.74) is 0.773. The molecule has 72 valence electrons. The van der Waals surface area contributed by atoms with Crippen molar-refractivity contribution >= 4 is 11.0 Å². The van der Waals surface area contributed by atoms with Gasteiger partial charge in [0.2, 0.25) is 0 Å². The fourth-order valence-corrected chi connectivity index (χ4v) is 1.49. The molecule has 1 aliphatic rings. The summed E-state index contributed by atoms with van der Waals surface area (Å²) in [6, 6.07) is 5.74. The van der Waals surface area contributed by atoms with E-state index in [4.69, 9.17) is 9.26 Å². The van der Waals surface area contributed by atoms with Crippen molar-refractivity contribution in [2.75, 3.05) is 13.1 Å². The maximum atomic E-state index is 5.76. The molecule has 1 fully saturated rings. The summed E-state index contributed by atoms with van der Waals surface area (Å²) in [7, 11) is 0. The quantitative estimate of drug-likeness (QED) is 0.772. The zero-order valence-electron chi connectivity index (χ0n) is 7.56. The van der Waals surface area contributed by atoms with Gasteiger partial charge in [0.05, 0.1) is 11.6 Å². The highest BCUT2D eigenvalue weighted by Gasteiger charge is 2.19. The lowest BCUT2D eigenvalue weighted by Crippen LogP contribution is -2.50. The molecule has 0 bridgehead atoms. The molecule has 2 heterocycles. The largest absolute Gasteiger partial charge is 0.487 e. The SMILES string of the molecule is c1cc(OC2CNC2)c2cnoc2c1. The van der Waals surface area contributed by atoms with E-state index in [0.717, 1.165) is 29.8 Å². The van der Waals surface area contributed by atoms with Crippen LogP contribution in [0.4, 0.5) is 0 Å². The number of benzene rings is 1. The minimum atomic E-state index is 0.287. The molecule has 4 heteroatoms. The van der Waals surface area contributed by atoms with Gasteiger partial charge < -0.3 is 14.6 Å². The van der Waals surface area contributed by atoms with Gasteiger partial charge in [0.25, 0.3) is 0 Å². The first-order valence-electron chi connectivity index (χ1n) is 4.64. The molecule has 1 aromatic heterocycles. The standard InChI is InChI=1S/C10H10N2O2/c1-2-9(13-7-4-11-5-7)8-6-12-14-10(8)3-1/h1-3,6-7,11H,4-5H2. The summed E-state index contributed by atoms with van der Waals surface area (Å²) < 4.78 is 10.8. The topological polar surface area (TPSA) is 47.3 Å². The molecule has 4 nitrogen and oxygen atoms in total. The molecule has 14 heavy (non-hydrogen) atoms. The lowest BCUT2D eigenvalue weighted by Gasteiger charge is -2.27. The molecule has 1 N–H and O–H groups in total. The van der Waals surface area contributed by atoms with Crippen LogP contribution in [0.5, 0.6) is 5.75 Å². The Morgan fingerprint density at radius 3 is 3.14 bits per heavy atom. The summed E-state index contributed by atoms with van der Waals surface area (Å²) in [4.78, 5) is 0. The van der Waals surface area contributed by atoms with Gasteiger partial charge in [-0.1, -0.05) is 11.2 Å². The molecule has 0 unspecified atom stereocenters. The number of hydrogen-bond acceptors (Lipinski definition) is 4. The van der Waals surface area contributed by atoms with Crippen molar-refractivity contribution in [3.63, 3.8) is 0 Å². The Bertz CT molecular complexity index is 448. The molecule has 0 spiro atoms. The molecule has 2 aromatic rings. The number of ether oxygens (including phenoxy) is 1. The van der Waals surface area contributed by atoms with Gasteiger partial charge in [0, 0.05) is 13.1 Å². The third-order valence-electron chi connectivity index (χ3n) is 2.40. The van der Waals surface area contributed by atoms with Crippen LogP contribution in [0.15, 0.2) is 28.9 Å². The van der Waals surface area contributed by atoms with Crippen molar-refractivity contribution < 1.29 is 9.26 Å². The van der Waals surface area contributed by atoms with Crippen LogP contribution in [0, 0.1) is 0 Å². The van der Waals surface area contributed by atoms with Gasteiger partial charge in [-0.2, -0.15) is 0 Å². The van der Waals surface area contributed by atoms with Crippen LogP contribution in [0.1, 0.15) is 0 Å². The molecule has 1 aromatic carbocycles. The van der Waals surface area contributed by atoms with E-state index in [1.807, 2.05) is 18.2 Å². The van der Waals surface area contributed by atoms with Crippen molar-refractivity contribution in [3.05, 3.63) is 24.4 Å². The minimum absolute atomic E-state index is 0.287. The van der Waals surface area contributed by atoms with Gasteiger partial charge >= 0.3 is 0 Å². The second kappa shape index (κ2) is 2.99. The number of aromatic nitrogens is 1. The molecule has 0 atom stereocenters. The first kappa shape index (κ1) is 7.82. The Balaban J connectivity index is 1.97. The van der Waals surface area contributed by atoms with E-state index < -0.39 is 0 Å². The molecule has 3 rings (SSSR count). The summed E-state index contributed by atoms with van der Waals surface area (Å²) >= 11 is 0. The van der Waals surface area contributed by atoms with Crippen LogP contribution in [-0.2, 0) is 0 Å². The molecule has 0 radical (unpaired) electrons. The van der Waals surface area contributed by atoms with Crippen molar-refractivity contribution in [2.24, 2.45) is 0 Å². The molecule has 0 amide bonds. The van der Waals surface area contributed by atoms with Crippen LogP contribution in [0.2, 0.25) is 0 Å². The summed E-state index contributed by atoms with van der Waals surface area (Å²) in [6.45, 7) is 1.84. The predicted octanol–water partition coefficient (Wildman–Crippen LogP) is 1.18. The minimum Gasteiger partial charge on any atom is -0.487 e. The third kappa shape index (κ3) is 1.15. The first-order valence-corrected chi connectivity index (χ1v) is 4.64. The average molecular weight is 190 g/mol. The second-order valence-electron chi connectivity index (χ2n) is 3.39. The zero-order chi connectivity index (χ0) is 9.38. The van der Waals surface area contributed by atoms with Gasteiger partial charge in [0.15, 0.2) is 5.58 Å². The monoisotopic (exact) mass is 190 g/mol. The number of rotatable bonds is 2. The van der Waals surface area contributed by atoms with Crippen LogP contribution in [0.3, 0.4) is 0 Å². The van der Waals surface area contributed by atoms with E-state index in [-0.39, 0.29) is 6.10 Å². The Morgan fingerprint density at radius 2 is 2.36 bits per heavy atom. The smallest absolute Gasteiger partial charge is 0.170 e. The Hall–Kier alpha value is -1.55. The second-order valence-corrected chi connectivity index (χ2v) is 3.39. The first-order chi connectivity index (χ1) is 6.93. The lowest BCUT2D eigenvalue weighted by molar-refractivity contribution is 0.144. The van der Waals surface area contributed by atoms with Crippen LogP contribution in [-0.4, -0.2) is 24.4 Å². The van der Waals surface area contributed by atoms with E-state index in [1.165, 1.54) is 0 Å². The number of nitrogens with one attached hydrogen (secondary N) is 1. The van der Waals surface area contributed by atoms with Crippen LogP contribution >= 0.6 is 0 Å². The van der Waals surface area contributed by atoms with Gasteiger partial charge in [-0.3, -0.25) is 0 Å². The normalized spacial score (nSPS) is 16.9.